The molecule has 0 fully saturated rings. The van der Waals surface area contributed by atoms with Gasteiger partial charge in [-0.1, -0.05) is 0 Å². The molecule has 0 atom stereocenters. The fourth-order valence-corrected chi connectivity index (χ4v) is 1.99. The van der Waals surface area contributed by atoms with Gasteiger partial charge in [0.15, 0.2) is 11.6 Å². The second-order valence-corrected chi connectivity index (χ2v) is 4.74. The van der Waals surface area contributed by atoms with E-state index < -0.39 is 0 Å². The molecule has 0 radical (unpaired) electrons. The van der Waals surface area contributed by atoms with Crippen molar-refractivity contribution in [2.45, 2.75) is 13.5 Å². The number of rotatable bonds is 4. The zero-order valence-corrected chi connectivity index (χ0v) is 11.6. The van der Waals surface area contributed by atoms with E-state index >= 15 is 0 Å². The third-order valence-corrected chi connectivity index (χ3v) is 3.03. The average molecular weight is 310 g/mol. The van der Waals surface area contributed by atoms with Crippen LogP contribution in [0, 0.1) is 5.82 Å². The average Bonchev–Trinajstić information content (AvgIpc) is 2.38. The molecular formula is C13H13BrFN3. The Labute approximate surface area is 114 Å². The van der Waals surface area contributed by atoms with Crippen LogP contribution in [-0.2, 0) is 6.54 Å². The van der Waals surface area contributed by atoms with Crippen LogP contribution in [0.4, 0.5) is 10.2 Å². The first-order valence-corrected chi connectivity index (χ1v) is 6.45. The fraction of sp³-hybridized carbons (Fsp3) is 0.231. The molecule has 0 aromatic carbocycles. The Kier molecular flexibility index (Phi) is 4.25. The monoisotopic (exact) mass is 309 g/mol. The minimum atomic E-state index is -0.319. The zero-order valence-electron chi connectivity index (χ0n) is 9.98. The topological polar surface area (TPSA) is 29.0 Å². The van der Waals surface area contributed by atoms with Crippen LogP contribution in [0.3, 0.4) is 0 Å². The van der Waals surface area contributed by atoms with Crippen LogP contribution < -0.4 is 4.90 Å². The number of aromatic nitrogens is 2. The lowest BCUT2D eigenvalue weighted by Crippen LogP contribution is -2.24. The third-order valence-electron chi connectivity index (χ3n) is 2.59. The first-order valence-electron chi connectivity index (χ1n) is 5.65. The highest BCUT2D eigenvalue weighted by Crippen LogP contribution is 2.21. The normalized spacial score (nSPS) is 10.4. The van der Waals surface area contributed by atoms with Crippen molar-refractivity contribution in [2.24, 2.45) is 0 Å². The van der Waals surface area contributed by atoms with E-state index in [-0.39, 0.29) is 5.82 Å². The zero-order chi connectivity index (χ0) is 13.0. The summed E-state index contributed by atoms with van der Waals surface area (Å²) in [6, 6.07) is 5.26. The van der Waals surface area contributed by atoms with E-state index in [0.29, 0.717) is 23.4 Å². The second kappa shape index (κ2) is 5.91. The first kappa shape index (κ1) is 13.0. The molecule has 2 aromatic rings. The Morgan fingerprint density at radius 1 is 1.33 bits per heavy atom. The summed E-state index contributed by atoms with van der Waals surface area (Å²) in [7, 11) is 0. The molecule has 2 rings (SSSR count). The van der Waals surface area contributed by atoms with Gasteiger partial charge in [0, 0.05) is 36.2 Å². The molecule has 94 valence electrons. The molecule has 0 aliphatic heterocycles. The van der Waals surface area contributed by atoms with Gasteiger partial charge in [0.2, 0.25) is 0 Å². The molecular weight excluding hydrogens is 297 g/mol. The highest BCUT2D eigenvalue weighted by molar-refractivity contribution is 9.10. The number of hydrogen-bond acceptors (Lipinski definition) is 3. The lowest BCUT2D eigenvalue weighted by atomic mass is 10.2. The van der Waals surface area contributed by atoms with Gasteiger partial charge in [-0.3, -0.25) is 4.98 Å². The largest absolute Gasteiger partial charge is 0.350 e. The van der Waals surface area contributed by atoms with Crippen molar-refractivity contribution in [1.29, 1.82) is 0 Å². The van der Waals surface area contributed by atoms with E-state index in [2.05, 4.69) is 25.9 Å². The summed E-state index contributed by atoms with van der Waals surface area (Å²) < 4.78 is 14.5. The van der Waals surface area contributed by atoms with Crippen molar-refractivity contribution in [3.8, 4) is 0 Å². The predicted molar refractivity (Wildman–Crippen MR) is 72.9 cm³/mol. The molecule has 5 heteroatoms. The molecule has 0 aliphatic rings. The van der Waals surface area contributed by atoms with E-state index in [1.807, 2.05) is 24.0 Å². The Morgan fingerprint density at radius 2 is 2.06 bits per heavy atom. The van der Waals surface area contributed by atoms with Gasteiger partial charge in [-0.15, -0.1) is 0 Å². The Morgan fingerprint density at radius 3 is 2.67 bits per heavy atom. The summed E-state index contributed by atoms with van der Waals surface area (Å²) in [5, 5.41) is 0. The lowest BCUT2D eigenvalue weighted by Gasteiger charge is -2.22. The van der Waals surface area contributed by atoms with Crippen LogP contribution in [-0.4, -0.2) is 16.5 Å². The molecule has 0 unspecified atom stereocenters. The molecule has 2 aromatic heterocycles. The van der Waals surface area contributed by atoms with Gasteiger partial charge in [-0.2, -0.15) is 0 Å². The summed E-state index contributed by atoms with van der Waals surface area (Å²) in [6.45, 7) is 3.28. The number of halogens is 2. The summed E-state index contributed by atoms with van der Waals surface area (Å²) >= 11 is 3.20. The molecule has 0 aliphatic carbocycles. The Balaban J connectivity index is 2.23. The van der Waals surface area contributed by atoms with E-state index in [1.54, 1.807) is 18.6 Å². The van der Waals surface area contributed by atoms with Gasteiger partial charge in [-0.05, 0) is 46.6 Å². The molecule has 0 saturated carbocycles. The van der Waals surface area contributed by atoms with Gasteiger partial charge in [-0.25, -0.2) is 9.37 Å². The quantitative estimate of drug-likeness (QED) is 0.866. The predicted octanol–water partition coefficient (Wildman–Crippen LogP) is 3.40. The molecule has 0 spiro atoms. The molecule has 0 amide bonds. The Bertz CT molecular complexity index is 519. The minimum absolute atomic E-state index is 0.319. The number of pyridine rings is 2. The van der Waals surface area contributed by atoms with E-state index in [1.165, 1.54) is 6.07 Å². The number of nitrogens with zero attached hydrogens (tertiary/aromatic N) is 3. The molecule has 3 nitrogen and oxygen atoms in total. The first-order chi connectivity index (χ1) is 8.70. The number of hydrogen-bond donors (Lipinski definition) is 0. The lowest BCUT2D eigenvalue weighted by molar-refractivity contribution is 0.608. The molecule has 18 heavy (non-hydrogen) atoms. The molecule has 2 heterocycles. The highest BCUT2D eigenvalue weighted by atomic mass is 79.9. The summed E-state index contributed by atoms with van der Waals surface area (Å²) in [4.78, 5) is 9.99. The van der Waals surface area contributed by atoms with Gasteiger partial charge in [0.25, 0.3) is 0 Å². The van der Waals surface area contributed by atoms with Gasteiger partial charge in [0.05, 0.1) is 0 Å². The van der Waals surface area contributed by atoms with Crippen LogP contribution in [0.2, 0.25) is 0 Å². The van der Waals surface area contributed by atoms with Gasteiger partial charge >= 0.3 is 0 Å². The Hall–Kier alpha value is -1.49. The van der Waals surface area contributed by atoms with E-state index in [4.69, 9.17) is 0 Å². The van der Waals surface area contributed by atoms with Crippen LogP contribution in [0.1, 0.15) is 12.5 Å². The molecule has 0 N–H and O–H groups in total. The van der Waals surface area contributed by atoms with Crippen molar-refractivity contribution >= 4 is 21.7 Å². The third kappa shape index (κ3) is 3.04. The smallest absolute Gasteiger partial charge is 0.166 e. The standard InChI is InChI=1S/C13H13BrFN3/c1-2-18(9-10-3-5-16-6-4-10)13-12(15)7-11(14)8-17-13/h3-8H,2,9H2,1H3. The van der Waals surface area contributed by atoms with Crippen LogP contribution in [0.5, 0.6) is 0 Å². The van der Waals surface area contributed by atoms with Crippen LogP contribution in [0.15, 0.2) is 41.3 Å². The van der Waals surface area contributed by atoms with Crippen molar-refractivity contribution in [3.63, 3.8) is 0 Å². The minimum Gasteiger partial charge on any atom is -0.350 e. The maximum absolute atomic E-state index is 13.8. The fourth-order valence-electron chi connectivity index (χ4n) is 1.69. The maximum Gasteiger partial charge on any atom is 0.166 e. The molecule has 0 bridgehead atoms. The van der Waals surface area contributed by atoms with E-state index in [0.717, 1.165) is 5.56 Å². The summed E-state index contributed by atoms with van der Waals surface area (Å²) in [5.74, 6) is 0.0535. The van der Waals surface area contributed by atoms with Crippen LogP contribution >= 0.6 is 15.9 Å². The number of anilines is 1. The van der Waals surface area contributed by atoms with Crippen molar-refractivity contribution < 1.29 is 4.39 Å². The summed E-state index contributed by atoms with van der Waals surface area (Å²) in [6.07, 6.45) is 5.07. The summed E-state index contributed by atoms with van der Waals surface area (Å²) in [5.41, 5.74) is 1.08. The SMILES string of the molecule is CCN(Cc1ccncc1)c1ncc(Br)cc1F. The van der Waals surface area contributed by atoms with Gasteiger partial charge in [0.1, 0.15) is 0 Å². The van der Waals surface area contributed by atoms with Gasteiger partial charge < -0.3 is 4.90 Å². The van der Waals surface area contributed by atoms with Crippen molar-refractivity contribution in [1.82, 2.24) is 9.97 Å². The van der Waals surface area contributed by atoms with Crippen LogP contribution in [0.25, 0.3) is 0 Å². The molecule has 0 saturated heterocycles. The van der Waals surface area contributed by atoms with E-state index in [9.17, 15) is 4.39 Å². The van der Waals surface area contributed by atoms with Crippen molar-refractivity contribution in [3.05, 3.63) is 52.6 Å². The maximum atomic E-state index is 13.8. The van der Waals surface area contributed by atoms with Crippen molar-refractivity contribution in [2.75, 3.05) is 11.4 Å². The second-order valence-electron chi connectivity index (χ2n) is 3.83. The highest BCUT2D eigenvalue weighted by Gasteiger charge is 2.12.